The van der Waals surface area contributed by atoms with Gasteiger partial charge in [0, 0.05) is 12.6 Å². The van der Waals surface area contributed by atoms with Crippen LogP contribution in [0.25, 0.3) is 0 Å². The molecule has 0 spiro atoms. The molecule has 8 nitrogen and oxygen atoms in total. The molecule has 0 unspecified atom stereocenters. The molecule has 0 aliphatic carbocycles. The molecule has 0 fully saturated rings. The van der Waals surface area contributed by atoms with Gasteiger partial charge in [0.2, 0.25) is 0 Å². The van der Waals surface area contributed by atoms with Crippen LogP contribution in [0.5, 0.6) is 0 Å². The highest BCUT2D eigenvalue weighted by Gasteiger charge is 2.41. The monoisotopic (exact) mass is 466 g/mol. The molecule has 3 amide bonds. The lowest BCUT2D eigenvalue weighted by atomic mass is 10.1. The summed E-state index contributed by atoms with van der Waals surface area (Å²) in [4.78, 5) is 42.4. The Bertz CT molecular complexity index is 860. The lowest BCUT2D eigenvalue weighted by molar-refractivity contribution is -0.140. The van der Waals surface area contributed by atoms with E-state index in [-0.39, 0.29) is 11.0 Å². The number of alkyl halides is 3. The number of hydrogen-bond acceptors (Lipinski definition) is 6. The fourth-order valence-electron chi connectivity index (χ4n) is 2.25. The molecule has 0 bridgehead atoms. The Morgan fingerprint density at radius 3 is 1.66 bits per heavy atom. The Kier molecular flexibility index (Phi) is 7.90. The summed E-state index contributed by atoms with van der Waals surface area (Å²) in [6.07, 6.45) is -8.25. The van der Waals surface area contributed by atoms with Crippen molar-refractivity contribution in [2.45, 2.75) is 58.9 Å². The van der Waals surface area contributed by atoms with Crippen molar-refractivity contribution in [1.82, 2.24) is 5.06 Å². The first-order chi connectivity index (χ1) is 14.3. The van der Waals surface area contributed by atoms with Crippen LogP contribution < -0.4 is 4.90 Å². The summed E-state index contributed by atoms with van der Waals surface area (Å²) < 4.78 is 65.7. The van der Waals surface area contributed by atoms with Crippen LogP contribution in [0.3, 0.4) is 0 Å². The number of carbonyl (C=O) groups excluding carboxylic acids is 3. The number of hydroxylamine groups is 2. The number of amides is 3. The van der Waals surface area contributed by atoms with E-state index in [2.05, 4.69) is 4.84 Å². The van der Waals surface area contributed by atoms with E-state index >= 15 is 0 Å². The van der Waals surface area contributed by atoms with Crippen molar-refractivity contribution < 1.29 is 46.3 Å². The van der Waals surface area contributed by atoms with Gasteiger partial charge in [0.25, 0.3) is 5.91 Å². The van der Waals surface area contributed by atoms with Crippen LogP contribution in [-0.4, -0.2) is 48.5 Å². The highest BCUT2D eigenvalue weighted by atomic mass is 19.4. The zero-order valence-electron chi connectivity index (χ0n) is 19.0. The van der Waals surface area contributed by atoms with E-state index in [4.69, 9.17) is 9.47 Å². The second-order valence-corrected chi connectivity index (χ2v) is 8.64. The van der Waals surface area contributed by atoms with E-state index < -0.39 is 58.1 Å². The molecule has 0 saturated carbocycles. The summed E-state index contributed by atoms with van der Waals surface area (Å²) in [7, 11) is 2.19. The molecule has 0 radical (unpaired) electrons. The molecule has 0 N–H and O–H groups in total. The Morgan fingerprint density at radius 1 is 0.875 bits per heavy atom. The van der Waals surface area contributed by atoms with Crippen molar-refractivity contribution in [1.29, 1.82) is 0 Å². The minimum absolute atomic E-state index is 0.0232. The summed E-state index contributed by atoms with van der Waals surface area (Å²) in [6, 6.07) is 0.856. The van der Waals surface area contributed by atoms with Crippen molar-refractivity contribution in [2.24, 2.45) is 0 Å². The molecule has 0 heterocycles. The predicted molar refractivity (Wildman–Crippen MR) is 105 cm³/mol. The van der Waals surface area contributed by atoms with Gasteiger partial charge in [-0.15, -0.1) is 0 Å². The summed E-state index contributed by atoms with van der Waals surface area (Å²) in [5, 5.41) is 0.586. The molecule has 0 aliphatic rings. The van der Waals surface area contributed by atoms with Gasteiger partial charge in [0.1, 0.15) is 11.2 Å². The lowest BCUT2D eigenvalue weighted by Gasteiger charge is -2.29. The average molecular weight is 466 g/mol. The molecule has 1 aromatic rings. The average Bonchev–Trinajstić information content (AvgIpc) is 2.57. The highest BCUT2D eigenvalue weighted by Crippen LogP contribution is 2.37. The van der Waals surface area contributed by atoms with Crippen molar-refractivity contribution >= 4 is 23.8 Å². The van der Waals surface area contributed by atoms with E-state index in [0.29, 0.717) is 11.1 Å². The van der Waals surface area contributed by atoms with E-state index in [1.807, 2.05) is 0 Å². The molecule has 0 aromatic heterocycles. The van der Waals surface area contributed by atoms with Gasteiger partial charge in [-0.05, 0) is 53.7 Å². The maximum atomic E-state index is 15.0. The number of anilines is 1. The van der Waals surface area contributed by atoms with E-state index in [0.717, 1.165) is 14.2 Å². The van der Waals surface area contributed by atoms with Gasteiger partial charge < -0.3 is 9.47 Å². The van der Waals surface area contributed by atoms with Gasteiger partial charge in [0.15, 0.2) is 5.82 Å². The first-order valence-electron chi connectivity index (χ1n) is 9.27. The maximum Gasteiger partial charge on any atom is 0.424 e. The zero-order valence-corrected chi connectivity index (χ0v) is 19.0. The standard InChI is InChI=1S/C20H26F4N2O6/c1-18(2,3)31-16(28)26(17(29)32-19(4,5)6)13-10-11(15(27)25(7)30-8)9-12(14(13)21)20(22,23)24/h9-10H,1-8H3. The first-order valence-corrected chi connectivity index (χ1v) is 9.27. The number of nitrogens with zero attached hydrogens (tertiary/aromatic N) is 2. The van der Waals surface area contributed by atoms with E-state index in [1.54, 1.807) is 0 Å². The Morgan fingerprint density at radius 2 is 1.31 bits per heavy atom. The molecule has 1 rings (SSSR count). The second kappa shape index (κ2) is 9.31. The smallest absolute Gasteiger partial charge is 0.424 e. The lowest BCUT2D eigenvalue weighted by Crippen LogP contribution is -2.44. The molecule has 32 heavy (non-hydrogen) atoms. The second-order valence-electron chi connectivity index (χ2n) is 8.64. The van der Waals surface area contributed by atoms with Gasteiger partial charge in [-0.2, -0.15) is 18.1 Å². The number of carbonyl (C=O) groups is 3. The molecule has 0 saturated heterocycles. The molecule has 0 aliphatic heterocycles. The molecule has 180 valence electrons. The van der Waals surface area contributed by atoms with Crippen LogP contribution in [-0.2, 0) is 20.5 Å². The normalized spacial score (nSPS) is 12.2. The third kappa shape index (κ3) is 7.08. The van der Waals surface area contributed by atoms with Crippen LogP contribution >= 0.6 is 0 Å². The maximum absolute atomic E-state index is 15.0. The summed E-state index contributed by atoms with van der Waals surface area (Å²) in [5.74, 6) is -3.06. The number of benzene rings is 1. The minimum atomic E-state index is -5.26. The Balaban J connectivity index is 3.84. The first kappa shape index (κ1) is 27.1. The third-order valence-electron chi connectivity index (χ3n) is 3.56. The van der Waals surface area contributed by atoms with Crippen LogP contribution in [0.2, 0.25) is 0 Å². The SMILES string of the molecule is CON(C)C(=O)c1cc(N(C(=O)OC(C)(C)C)C(=O)OC(C)(C)C)c(F)c(C(F)(F)F)c1. The van der Waals surface area contributed by atoms with Gasteiger partial charge in [-0.3, -0.25) is 9.63 Å². The number of rotatable bonds is 3. The number of ether oxygens (including phenoxy) is 2. The topological polar surface area (TPSA) is 85.4 Å². The molecule has 12 heteroatoms. The van der Waals surface area contributed by atoms with Crippen LogP contribution in [0.1, 0.15) is 57.5 Å². The quantitative estimate of drug-likeness (QED) is 0.452. The van der Waals surface area contributed by atoms with Gasteiger partial charge in [-0.1, -0.05) is 0 Å². The fourth-order valence-corrected chi connectivity index (χ4v) is 2.25. The molecule has 1 aromatic carbocycles. The van der Waals surface area contributed by atoms with E-state index in [1.165, 1.54) is 41.5 Å². The summed E-state index contributed by atoms with van der Waals surface area (Å²) >= 11 is 0. The molecular formula is C20H26F4N2O6. The van der Waals surface area contributed by atoms with Crippen LogP contribution in [0, 0.1) is 5.82 Å². The van der Waals surface area contributed by atoms with Gasteiger partial charge in [-0.25, -0.2) is 19.0 Å². The fraction of sp³-hybridized carbons (Fsp3) is 0.550. The number of imide groups is 1. The molecule has 0 atom stereocenters. The Hall–Kier alpha value is -2.89. The van der Waals surface area contributed by atoms with Crippen LogP contribution in [0.15, 0.2) is 12.1 Å². The summed E-state index contributed by atoms with van der Waals surface area (Å²) in [5.41, 5.74) is -6.12. The van der Waals surface area contributed by atoms with Gasteiger partial charge >= 0.3 is 18.4 Å². The number of halogens is 4. The van der Waals surface area contributed by atoms with Crippen molar-refractivity contribution in [3.8, 4) is 0 Å². The van der Waals surface area contributed by atoms with Gasteiger partial charge in [0.05, 0.1) is 18.4 Å². The van der Waals surface area contributed by atoms with Crippen molar-refractivity contribution in [3.63, 3.8) is 0 Å². The van der Waals surface area contributed by atoms with Crippen LogP contribution in [0.4, 0.5) is 32.8 Å². The third-order valence-corrected chi connectivity index (χ3v) is 3.56. The Labute approximate surface area is 183 Å². The zero-order chi connectivity index (χ0) is 25.2. The summed E-state index contributed by atoms with van der Waals surface area (Å²) in [6.45, 7) is 8.60. The molecular weight excluding hydrogens is 440 g/mol. The largest absolute Gasteiger partial charge is 0.443 e. The minimum Gasteiger partial charge on any atom is -0.443 e. The predicted octanol–water partition coefficient (Wildman–Crippen LogP) is 5.15. The van der Waals surface area contributed by atoms with Crippen molar-refractivity contribution in [2.75, 3.05) is 19.1 Å². The number of hydrogen-bond donors (Lipinski definition) is 0. The van der Waals surface area contributed by atoms with E-state index in [9.17, 15) is 31.9 Å². The highest BCUT2D eigenvalue weighted by molar-refractivity contribution is 6.10. The van der Waals surface area contributed by atoms with Crippen molar-refractivity contribution in [3.05, 3.63) is 29.1 Å².